The molecule has 0 bridgehead atoms. The van der Waals surface area contributed by atoms with Crippen molar-refractivity contribution in [1.82, 2.24) is 10.4 Å². The molecular formula is C14H17N3O2. The molecule has 100 valence electrons. The van der Waals surface area contributed by atoms with Crippen LogP contribution in [0.1, 0.15) is 11.3 Å². The summed E-state index contributed by atoms with van der Waals surface area (Å²) in [4.78, 5) is 3.04. The number of methoxy groups -OCH3 is 2. The van der Waals surface area contributed by atoms with Crippen molar-refractivity contribution in [2.24, 2.45) is 5.10 Å². The van der Waals surface area contributed by atoms with Gasteiger partial charge in [-0.1, -0.05) is 6.07 Å². The van der Waals surface area contributed by atoms with Crippen molar-refractivity contribution in [2.45, 2.75) is 6.54 Å². The average molecular weight is 259 g/mol. The number of hydrogen-bond acceptors (Lipinski definition) is 4. The number of H-pyrrole nitrogens is 1. The highest BCUT2D eigenvalue weighted by Gasteiger charge is 2.03. The van der Waals surface area contributed by atoms with Crippen LogP contribution in [0, 0.1) is 0 Å². The summed E-state index contributed by atoms with van der Waals surface area (Å²) in [6.45, 7) is 0.623. The molecule has 19 heavy (non-hydrogen) atoms. The van der Waals surface area contributed by atoms with Gasteiger partial charge in [-0.15, -0.1) is 0 Å². The minimum Gasteiger partial charge on any atom is -0.493 e. The molecule has 0 aliphatic carbocycles. The van der Waals surface area contributed by atoms with Crippen LogP contribution in [0.4, 0.5) is 0 Å². The summed E-state index contributed by atoms with van der Waals surface area (Å²) in [6.07, 6.45) is 3.59. The van der Waals surface area contributed by atoms with E-state index in [2.05, 4.69) is 15.5 Å². The van der Waals surface area contributed by atoms with Crippen molar-refractivity contribution in [3.63, 3.8) is 0 Å². The molecule has 0 aliphatic heterocycles. The Hall–Kier alpha value is -2.43. The average Bonchev–Trinajstić information content (AvgIpc) is 2.96. The maximum absolute atomic E-state index is 5.25. The third-order valence-corrected chi connectivity index (χ3v) is 2.65. The van der Waals surface area contributed by atoms with Gasteiger partial charge in [-0.05, 0) is 29.8 Å². The van der Waals surface area contributed by atoms with Crippen LogP contribution < -0.4 is 14.9 Å². The number of hydrazone groups is 1. The zero-order chi connectivity index (χ0) is 13.5. The van der Waals surface area contributed by atoms with Crippen LogP contribution in [0.15, 0.2) is 41.6 Å². The molecule has 2 rings (SSSR count). The number of hydrogen-bond donors (Lipinski definition) is 2. The van der Waals surface area contributed by atoms with Gasteiger partial charge in [0, 0.05) is 6.20 Å². The van der Waals surface area contributed by atoms with Crippen molar-refractivity contribution >= 4 is 6.21 Å². The molecule has 2 N–H and O–H groups in total. The third kappa shape index (κ3) is 3.51. The lowest BCUT2D eigenvalue weighted by molar-refractivity contribution is 0.354. The Balaban J connectivity index is 1.92. The second kappa shape index (κ2) is 6.49. The zero-order valence-electron chi connectivity index (χ0n) is 11.0. The molecule has 0 spiro atoms. The van der Waals surface area contributed by atoms with Gasteiger partial charge in [0.1, 0.15) is 0 Å². The van der Waals surface area contributed by atoms with E-state index in [4.69, 9.17) is 9.47 Å². The monoisotopic (exact) mass is 259 g/mol. The van der Waals surface area contributed by atoms with Crippen molar-refractivity contribution in [3.05, 3.63) is 47.8 Å². The Morgan fingerprint density at radius 1 is 1.21 bits per heavy atom. The lowest BCUT2D eigenvalue weighted by atomic mass is 10.2. The van der Waals surface area contributed by atoms with Gasteiger partial charge in [0.15, 0.2) is 11.5 Å². The number of aromatic amines is 1. The summed E-state index contributed by atoms with van der Waals surface area (Å²) in [6, 6.07) is 9.65. The van der Waals surface area contributed by atoms with Gasteiger partial charge >= 0.3 is 0 Å². The molecule has 1 aromatic heterocycles. The van der Waals surface area contributed by atoms with Crippen LogP contribution >= 0.6 is 0 Å². The predicted molar refractivity (Wildman–Crippen MR) is 74.8 cm³/mol. The lowest BCUT2D eigenvalue weighted by Crippen LogP contribution is -2.06. The van der Waals surface area contributed by atoms with Crippen LogP contribution in [0.2, 0.25) is 0 Å². The Morgan fingerprint density at radius 2 is 2.05 bits per heavy atom. The number of rotatable bonds is 6. The van der Waals surface area contributed by atoms with E-state index in [-0.39, 0.29) is 0 Å². The normalized spacial score (nSPS) is 10.6. The van der Waals surface area contributed by atoms with Crippen molar-refractivity contribution in [3.8, 4) is 11.5 Å². The Bertz CT molecular complexity index is 536. The second-order valence-electron chi connectivity index (χ2n) is 3.91. The number of nitrogens with one attached hydrogen (secondary N) is 2. The summed E-state index contributed by atoms with van der Waals surface area (Å²) in [5, 5.41) is 4.13. The first-order valence-electron chi connectivity index (χ1n) is 5.93. The van der Waals surface area contributed by atoms with Gasteiger partial charge < -0.3 is 19.9 Å². The maximum atomic E-state index is 5.25. The molecule has 0 radical (unpaired) electrons. The molecule has 2 aromatic rings. The van der Waals surface area contributed by atoms with E-state index in [9.17, 15) is 0 Å². The molecule has 1 heterocycles. The molecule has 1 aromatic carbocycles. The highest BCUT2D eigenvalue weighted by Crippen LogP contribution is 2.27. The fourth-order valence-corrected chi connectivity index (χ4v) is 1.67. The smallest absolute Gasteiger partial charge is 0.161 e. The summed E-state index contributed by atoms with van der Waals surface area (Å²) in [7, 11) is 3.24. The van der Waals surface area contributed by atoms with Gasteiger partial charge in [-0.3, -0.25) is 0 Å². The molecule has 0 unspecified atom stereocenters. The van der Waals surface area contributed by atoms with Crippen LogP contribution in [0.3, 0.4) is 0 Å². The molecule has 5 heteroatoms. The highest BCUT2D eigenvalue weighted by molar-refractivity contribution is 5.76. The Morgan fingerprint density at radius 3 is 2.74 bits per heavy atom. The minimum atomic E-state index is 0.623. The van der Waals surface area contributed by atoms with E-state index in [0.29, 0.717) is 6.54 Å². The summed E-state index contributed by atoms with van der Waals surface area (Å²) in [5.74, 6) is 1.44. The summed E-state index contributed by atoms with van der Waals surface area (Å²) < 4.78 is 10.4. The van der Waals surface area contributed by atoms with Crippen LogP contribution in [-0.4, -0.2) is 25.4 Å². The SMILES string of the molecule is COc1ccc(CN/N=C\c2ccc[nH]2)cc1OC. The number of aromatic nitrogens is 1. The summed E-state index contributed by atoms with van der Waals surface area (Å²) >= 11 is 0. The lowest BCUT2D eigenvalue weighted by Gasteiger charge is -2.09. The molecule has 0 amide bonds. The predicted octanol–water partition coefficient (Wildman–Crippen LogP) is 2.16. The Labute approximate surface area is 112 Å². The van der Waals surface area contributed by atoms with Crippen LogP contribution in [0.5, 0.6) is 11.5 Å². The van der Waals surface area contributed by atoms with E-state index in [1.807, 2.05) is 36.5 Å². The van der Waals surface area contributed by atoms with Gasteiger partial charge in [-0.25, -0.2) is 0 Å². The molecule has 5 nitrogen and oxygen atoms in total. The van der Waals surface area contributed by atoms with E-state index in [1.54, 1.807) is 20.4 Å². The van der Waals surface area contributed by atoms with Crippen molar-refractivity contribution in [2.75, 3.05) is 14.2 Å². The molecular weight excluding hydrogens is 242 g/mol. The maximum Gasteiger partial charge on any atom is 0.161 e. The number of nitrogens with zero attached hydrogens (tertiary/aromatic N) is 1. The minimum absolute atomic E-state index is 0.623. The number of ether oxygens (including phenoxy) is 2. The van der Waals surface area contributed by atoms with Gasteiger partial charge in [-0.2, -0.15) is 5.10 Å². The first kappa shape index (κ1) is 13.0. The Kier molecular flexibility index (Phi) is 4.44. The highest BCUT2D eigenvalue weighted by atomic mass is 16.5. The van der Waals surface area contributed by atoms with Crippen LogP contribution in [0.25, 0.3) is 0 Å². The van der Waals surface area contributed by atoms with Gasteiger partial charge in [0.2, 0.25) is 0 Å². The topological polar surface area (TPSA) is 58.6 Å². The first-order chi connectivity index (χ1) is 9.33. The molecule has 0 saturated carbocycles. The van der Waals surface area contributed by atoms with E-state index >= 15 is 0 Å². The zero-order valence-corrected chi connectivity index (χ0v) is 11.0. The van der Waals surface area contributed by atoms with E-state index < -0.39 is 0 Å². The van der Waals surface area contributed by atoms with E-state index in [0.717, 1.165) is 22.8 Å². The fourth-order valence-electron chi connectivity index (χ4n) is 1.67. The second-order valence-corrected chi connectivity index (χ2v) is 3.91. The quantitative estimate of drug-likeness (QED) is 0.617. The third-order valence-electron chi connectivity index (χ3n) is 2.65. The largest absolute Gasteiger partial charge is 0.493 e. The van der Waals surface area contributed by atoms with Gasteiger partial charge in [0.05, 0.1) is 32.7 Å². The van der Waals surface area contributed by atoms with E-state index in [1.165, 1.54) is 0 Å². The van der Waals surface area contributed by atoms with Crippen LogP contribution in [-0.2, 0) is 6.54 Å². The molecule has 0 saturated heterocycles. The molecule has 0 atom stereocenters. The number of benzene rings is 1. The standard InChI is InChI=1S/C14H17N3O2/c1-18-13-6-5-11(8-14(13)19-2)9-16-17-10-12-4-3-7-15-12/h3-8,10,15-16H,9H2,1-2H3/b17-10-. The molecule has 0 aliphatic rings. The van der Waals surface area contributed by atoms with Crippen molar-refractivity contribution in [1.29, 1.82) is 0 Å². The molecule has 0 fully saturated rings. The van der Waals surface area contributed by atoms with Gasteiger partial charge in [0.25, 0.3) is 0 Å². The van der Waals surface area contributed by atoms with Crippen molar-refractivity contribution < 1.29 is 9.47 Å². The fraction of sp³-hybridized carbons (Fsp3) is 0.214. The summed E-state index contributed by atoms with van der Waals surface area (Å²) in [5.41, 5.74) is 5.01. The first-order valence-corrected chi connectivity index (χ1v) is 5.93.